The molecule has 7 heteroatoms. The lowest BCUT2D eigenvalue weighted by Crippen LogP contribution is -1.95. The summed E-state index contributed by atoms with van der Waals surface area (Å²) < 4.78 is 2.94. The molecule has 4 nitrogen and oxygen atoms in total. The van der Waals surface area contributed by atoms with Crippen molar-refractivity contribution in [1.82, 2.24) is 14.9 Å². The van der Waals surface area contributed by atoms with Crippen LogP contribution >= 0.6 is 39.7 Å². The van der Waals surface area contributed by atoms with Gasteiger partial charge in [0.05, 0.1) is 11.2 Å². The number of H-pyrrole nitrogens is 1. The molecule has 3 rings (SSSR count). The summed E-state index contributed by atoms with van der Waals surface area (Å²) in [6, 6.07) is 15.2. The van der Waals surface area contributed by atoms with Crippen LogP contribution in [0.2, 0.25) is 5.02 Å². The number of rotatable bonds is 3. The van der Waals surface area contributed by atoms with Crippen LogP contribution < -0.4 is 0 Å². The third kappa shape index (κ3) is 3.19. The molecule has 0 unspecified atom stereocenters. The van der Waals surface area contributed by atoms with E-state index in [0.717, 1.165) is 15.6 Å². The van der Waals surface area contributed by atoms with Crippen LogP contribution in [0.5, 0.6) is 0 Å². The highest BCUT2D eigenvalue weighted by Gasteiger charge is 2.11. The second-order valence-corrected chi connectivity index (χ2v) is 6.15. The number of hydrogen-bond acceptors (Lipinski definition) is 3. The van der Waals surface area contributed by atoms with E-state index in [1.165, 1.54) is 0 Å². The summed E-state index contributed by atoms with van der Waals surface area (Å²) >= 11 is 14.9. The highest BCUT2D eigenvalue weighted by atomic mass is 79.9. The predicted octanol–water partition coefficient (Wildman–Crippen LogP) is 4.91. The molecule has 0 atom stereocenters. The van der Waals surface area contributed by atoms with Crippen molar-refractivity contribution in [2.24, 2.45) is 5.10 Å². The average molecular weight is 394 g/mol. The first kappa shape index (κ1) is 15.1. The second-order valence-electron chi connectivity index (χ2n) is 4.44. The third-order valence-corrected chi connectivity index (χ3v) is 4.02. The molecule has 0 aliphatic carbocycles. The van der Waals surface area contributed by atoms with E-state index in [1.54, 1.807) is 17.0 Å². The largest absolute Gasteiger partial charge is 0.250 e. The Hall–Kier alpha value is -1.76. The van der Waals surface area contributed by atoms with Crippen molar-refractivity contribution >= 4 is 46.0 Å². The predicted molar refractivity (Wildman–Crippen MR) is 95.0 cm³/mol. The van der Waals surface area contributed by atoms with Gasteiger partial charge in [-0.15, -0.1) is 0 Å². The van der Waals surface area contributed by atoms with Crippen LogP contribution in [0.25, 0.3) is 11.4 Å². The van der Waals surface area contributed by atoms with E-state index in [-0.39, 0.29) is 0 Å². The minimum atomic E-state index is 0.404. The Kier molecular flexibility index (Phi) is 4.52. The highest BCUT2D eigenvalue weighted by Crippen LogP contribution is 2.25. The van der Waals surface area contributed by atoms with Crippen LogP contribution in [-0.2, 0) is 0 Å². The quantitative estimate of drug-likeness (QED) is 0.508. The van der Waals surface area contributed by atoms with Crippen molar-refractivity contribution in [1.29, 1.82) is 0 Å². The summed E-state index contributed by atoms with van der Waals surface area (Å²) in [5, 5.41) is 12.0. The molecule has 0 saturated heterocycles. The lowest BCUT2D eigenvalue weighted by molar-refractivity contribution is 0.871. The maximum absolute atomic E-state index is 6.22. The van der Waals surface area contributed by atoms with Crippen molar-refractivity contribution in [2.75, 3.05) is 0 Å². The molecule has 1 N–H and O–H groups in total. The fourth-order valence-electron chi connectivity index (χ4n) is 1.93. The molecular weight excluding hydrogens is 384 g/mol. The van der Waals surface area contributed by atoms with Crippen LogP contribution in [-0.4, -0.2) is 21.1 Å². The van der Waals surface area contributed by atoms with E-state index >= 15 is 0 Å². The molecule has 0 aliphatic heterocycles. The molecule has 1 heterocycles. The van der Waals surface area contributed by atoms with Crippen molar-refractivity contribution in [3.05, 3.63) is 68.4 Å². The van der Waals surface area contributed by atoms with Crippen molar-refractivity contribution in [3.63, 3.8) is 0 Å². The fourth-order valence-corrected chi connectivity index (χ4v) is 2.74. The van der Waals surface area contributed by atoms with Crippen LogP contribution in [0.3, 0.4) is 0 Å². The standard InChI is InChI=1S/C15H10BrClN4S/c16-11-5-3-4-10(8-11)9-18-21-14(19-20-15(21)22)12-6-1-2-7-13(12)17/h1-9H,(H,20,22). The summed E-state index contributed by atoms with van der Waals surface area (Å²) in [4.78, 5) is 0. The van der Waals surface area contributed by atoms with Gasteiger partial charge in [-0.1, -0.05) is 51.8 Å². The molecule has 0 fully saturated rings. The third-order valence-electron chi connectivity index (χ3n) is 2.94. The van der Waals surface area contributed by atoms with Crippen LogP contribution in [0.4, 0.5) is 0 Å². The van der Waals surface area contributed by atoms with E-state index < -0.39 is 0 Å². The van der Waals surface area contributed by atoms with Crippen molar-refractivity contribution in [2.45, 2.75) is 0 Å². The molecule has 3 aromatic rings. The molecule has 0 radical (unpaired) electrons. The minimum Gasteiger partial charge on any atom is -0.250 e. The lowest BCUT2D eigenvalue weighted by atomic mass is 10.2. The topological polar surface area (TPSA) is 46.0 Å². The summed E-state index contributed by atoms with van der Waals surface area (Å²) in [6.45, 7) is 0. The number of halogens is 2. The van der Waals surface area contributed by atoms with Gasteiger partial charge in [0.15, 0.2) is 5.82 Å². The van der Waals surface area contributed by atoms with Gasteiger partial charge in [-0.2, -0.15) is 14.9 Å². The Morgan fingerprint density at radius 3 is 2.82 bits per heavy atom. The lowest BCUT2D eigenvalue weighted by Gasteiger charge is -2.03. The molecule has 0 aliphatic rings. The Morgan fingerprint density at radius 2 is 2.05 bits per heavy atom. The smallest absolute Gasteiger partial charge is 0.216 e. The zero-order chi connectivity index (χ0) is 15.5. The Bertz CT molecular complexity index is 900. The van der Waals surface area contributed by atoms with E-state index in [4.69, 9.17) is 23.8 Å². The number of nitrogens with zero attached hydrogens (tertiary/aromatic N) is 3. The number of hydrogen-bond donors (Lipinski definition) is 1. The van der Waals surface area contributed by atoms with Gasteiger partial charge in [-0.05, 0) is 42.0 Å². The molecule has 2 aromatic carbocycles. The van der Waals surface area contributed by atoms with Crippen LogP contribution in [0.15, 0.2) is 58.1 Å². The number of aromatic amines is 1. The van der Waals surface area contributed by atoms with Crippen molar-refractivity contribution < 1.29 is 0 Å². The van der Waals surface area contributed by atoms with Crippen LogP contribution in [0.1, 0.15) is 5.56 Å². The van der Waals surface area contributed by atoms with E-state index in [2.05, 4.69) is 31.2 Å². The van der Waals surface area contributed by atoms with Gasteiger partial charge in [0, 0.05) is 10.0 Å². The number of aromatic nitrogens is 3. The Morgan fingerprint density at radius 1 is 1.23 bits per heavy atom. The van der Waals surface area contributed by atoms with Gasteiger partial charge < -0.3 is 0 Å². The molecule has 0 amide bonds. The first-order valence-electron chi connectivity index (χ1n) is 6.37. The summed E-state index contributed by atoms with van der Waals surface area (Å²) in [7, 11) is 0. The van der Waals surface area contributed by atoms with Crippen molar-refractivity contribution in [3.8, 4) is 11.4 Å². The highest BCUT2D eigenvalue weighted by molar-refractivity contribution is 9.10. The van der Waals surface area contributed by atoms with Crippen LogP contribution in [0, 0.1) is 4.77 Å². The minimum absolute atomic E-state index is 0.404. The fraction of sp³-hybridized carbons (Fsp3) is 0. The summed E-state index contributed by atoms with van der Waals surface area (Å²) in [5.74, 6) is 0.571. The Balaban J connectivity index is 2.04. The monoisotopic (exact) mass is 392 g/mol. The molecule has 1 aromatic heterocycles. The van der Waals surface area contributed by atoms with E-state index in [1.807, 2.05) is 42.5 Å². The maximum atomic E-state index is 6.22. The molecule has 110 valence electrons. The molecule has 0 saturated carbocycles. The second kappa shape index (κ2) is 6.56. The molecule has 22 heavy (non-hydrogen) atoms. The molecular formula is C15H10BrClN4S. The van der Waals surface area contributed by atoms with Gasteiger partial charge in [-0.3, -0.25) is 0 Å². The van der Waals surface area contributed by atoms with E-state index in [9.17, 15) is 0 Å². The number of nitrogens with one attached hydrogen (secondary N) is 1. The van der Waals surface area contributed by atoms with Gasteiger partial charge in [0.25, 0.3) is 0 Å². The molecule has 0 bridgehead atoms. The Labute approximate surface area is 145 Å². The van der Waals surface area contributed by atoms with Gasteiger partial charge >= 0.3 is 0 Å². The zero-order valence-electron chi connectivity index (χ0n) is 11.2. The van der Waals surface area contributed by atoms with E-state index in [0.29, 0.717) is 15.6 Å². The SMILES string of the molecule is S=c1[nH]nc(-c2ccccc2Cl)n1N=Cc1cccc(Br)c1. The normalized spacial score (nSPS) is 11.2. The van der Waals surface area contributed by atoms with Gasteiger partial charge in [0.2, 0.25) is 4.77 Å². The first-order chi connectivity index (χ1) is 10.6. The summed E-state index contributed by atoms with van der Waals surface area (Å²) in [6.07, 6.45) is 1.72. The zero-order valence-corrected chi connectivity index (χ0v) is 14.4. The van der Waals surface area contributed by atoms with Gasteiger partial charge in [-0.25, -0.2) is 5.10 Å². The number of benzene rings is 2. The van der Waals surface area contributed by atoms with Gasteiger partial charge in [0.1, 0.15) is 0 Å². The maximum Gasteiger partial charge on any atom is 0.216 e. The molecule has 0 spiro atoms. The first-order valence-corrected chi connectivity index (χ1v) is 7.95. The summed E-state index contributed by atoms with van der Waals surface area (Å²) in [5.41, 5.74) is 1.71. The average Bonchev–Trinajstić information content (AvgIpc) is 2.87.